The highest BCUT2D eigenvalue weighted by Crippen LogP contribution is 2.37. The van der Waals surface area contributed by atoms with Gasteiger partial charge in [0, 0.05) is 11.3 Å². The van der Waals surface area contributed by atoms with Gasteiger partial charge in [-0.2, -0.15) is 10.5 Å². The van der Waals surface area contributed by atoms with Crippen molar-refractivity contribution in [2.45, 2.75) is 56.3 Å². The number of nitriles is 2. The lowest BCUT2D eigenvalue weighted by Gasteiger charge is -2.17. The number of hydrogen-bond donors (Lipinski definition) is 1. The van der Waals surface area contributed by atoms with Crippen molar-refractivity contribution in [3.05, 3.63) is 82.5 Å². The number of pyridine rings is 1. The number of nitrogens with zero attached hydrogens (tertiary/aromatic N) is 4. The molecule has 0 unspecified atom stereocenters. The molecule has 1 saturated heterocycles. The molecule has 0 saturated carbocycles. The summed E-state index contributed by atoms with van der Waals surface area (Å²) in [7, 11) is 0. The zero-order chi connectivity index (χ0) is 29.1. The topological polar surface area (TPSA) is 131 Å². The summed E-state index contributed by atoms with van der Waals surface area (Å²) in [5, 5.41) is 20.4. The molecule has 0 amide bonds. The maximum absolute atomic E-state index is 14.3. The van der Waals surface area contributed by atoms with E-state index in [9.17, 15) is 14.9 Å². The van der Waals surface area contributed by atoms with Crippen LogP contribution in [0.15, 0.2) is 58.0 Å². The quantitative estimate of drug-likeness (QED) is 0.235. The van der Waals surface area contributed by atoms with E-state index in [1.165, 1.54) is 17.8 Å². The van der Waals surface area contributed by atoms with Crippen molar-refractivity contribution in [3.63, 3.8) is 0 Å². The molecule has 3 heterocycles. The van der Waals surface area contributed by atoms with Crippen LogP contribution in [0.2, 0.25) is 0 Å². The van der Waals surface area contributed by atoms with Crippen molar-refractivity contribution in [2.24, 2.45) is 0 Å². The average Bonchev–Trinajstić information content (AvgIpc) is 3.51. The number of rotatable bonds is 8. The predicted octanol–water partition coefficient (Wildman–Crippen LogP) is 6.55. The molecule has 1 aliphatic rings. The van der Waals surface area contributed by atoms with Crippen LogP contribution in [0.5, 0.6) is 0 Å². The largest absolute Gasteiger partial charge is 0.441 e. The van der Waals surface area contributed by atoms with E-state index in [1.54, 1.807) is 25.1 Å². The number of anilines is 1. The standard InChI is InChI=1S/C31H28FN5O3S/c1-18-26(36-29(39-18)22-6-4-5-7-25(22)32)17-41-30-24(15-34)27(23(14-33)28(35)37-30)20-11-8-19(9-12-20)10-13-21-16-38-31(2,3)40-21/h4-9,11-12,21H,10,13,16-17H2,1-3H3,(H2,35,37)/t21-/m0/s1. The summed E-state index contributed by atoms with van der Waals surface area (Å²) in [6, 6.07) is 18.3. The van der Waals surface area contributed by atoms with Crippen molar-refractivity contribution < 1.29 is 18.3 Å². The summed E-state index contributed by atoms with van der Waals surface area (Å²) >= 11 is 1.25. The van der Waals surface area contributed by atoms with Gasteiger partial charge in [0.25, 0.3) is 0 Å². The molecule has 2 N–H and O–H groups in total. The molecular weight excluding hydrogens is 541 g/mol. The summed E-state index contributed by atoms with van der Waals surface area (Å²) in [6.45, 7) is 6.13. The van der Waals surface area contributed by atoms with E-state index in [0.29, 0.717) is 40.0 Å². The fourth-order valence-electron chi connectivity index (χ4n) is 4.71. The number of hydrogen-bond acceptors (Lipinski definition) is 9. The minimum atomic E-state index is -0.554. The van der Waals surface area contributed by atoms with Gasteiger partial charge in [-0.05, 0) is 56.9 Å². The van der Waals surface area contributed by atoms with Crippen molar-refractivity contribution in [1.82, 2.24) is 9.97 Å². The van der Waals surface area contributed by atoms with E-state index in [0.717, 1.165) is 18.4 Å². The molecule has 8 nitrogen and oxygen atoms in total. The molecule has 5 rings (SSSR count). The number of thioether (sulfide) groups is 1. The first-order valence-electron chi connectivity index (χ1n) is 13.1. The fourth-order valence-corrected chi connectivity index (χ4v) is 5.71. The minimum Gasteiger partial charge on any atom is -0.441 e. The third-order valence-electron chi connectivity index (χ3n) is 6.82. The van der Waals surface area contributed by atoms with Gasteiger partial charge >= 0.3 is 0 Å². The molecule has 2 aromatic heterocycles. The molecule has 0 aliphatic carbocycles. The number of ether oxygens (including phenoxy) is 2. The van der Waals surface area contributed by atoms with E-state index in [2.05, 4.69) is 22.1 Å². The molecule has 10 heteroatoms. The van der Waals surface area contributed by atoms with E-state index in [-0.39, 0.29) is 34.5 Å². The zero-order valence-corrected chi connectivity index (χ0v) is 23.7. The van der Waals surface area contributed by atoms with Gasteiger partial charge in [-0.1, -0.05) is 48.2 Å². The number of nitrogens with two attached hydrogens (primary N) is 1. The Bertz CT molecular complexity index is 1670. The predicted molar refractivity (Wildman–Crippen MR) is 153 cm³/mol. The van der Waals surface area contributed by atoms with Gasteiger partial charge in [0.2, 0.25) is 5.89 Å². The molecule has 208 valence electrons. The number of benzene rings is 2. The third-order valence-corrected chi connectivity index (χ3v) is 7.81. The Balaban J connectivity index is 1.38. The van der Waals surface area contributed by atoms with Crippen molar-refractivity contribution in [3.8, 4) is 34.7 Å². The number of aromatic nitrogens is 2. The third kappa shape index (κ3) is 6.10. The number of oxazole rings is 1. The second kappa shape index (κ2) is 11.7. The SMILES string of the molecule is Cc1oc(-c2ccccc2F)nc1CSc1nc(N)c(C#N)c(-c2ccc(CC[C@H]3COC(C)(C)O3)cc2)c1C#N. The van der Waals surface area contributed by atoms with Crippen LogP contribution in [0.1, 0.15) is 48.4 Å². The Morgan fingerprint density at radius 3 is 2.46 bits per heavy atom. The van der Waals surface area contributed by atoms with Crippen LogP contribution in [-0.4, -0.2) is 28.5 Å². The molecule has 0 radical (unpaired) electrons. The molecule has 2 aromatic carbocycles. The molecule has 0 spiro atoms. The maximum Gasteiger partial charge on any atom is 0.229 e. The first-order valence-corrected chi connectivity index (χ1v) is 14.1. The summed E-state index contributed by atoms with van der Waals surface area (Å²) in [4.78, 5) is 8.85. The number of halogens is 1. The van der Waals surface area contributed by atoms with Gasteiger partial charge < -0.3 is 19.6 Å². The lowest BCUT2D eigenvalue weighted by molar-refractivity contribution is -0.138. The lowest BCUT2D eigenvalue weighted by Crippen LogP contribution is -2.21. The van der Waals surface area contributed by atoms with Crippen LogP contribution in [0.3, 0.4) is 0 Å². The van der Waals surface area contributed by atoms with E-state index in [1.807, 2.05) is 38.1 Å². The molecule has 1 fully saturated rings. The summed E-state index contributed by atoms with van der Waals surface area (Å²) in [5.74, 6) is 0.0745. The molecule has 4 aromatic rings. The maximum atomic E-state index is 14.3. The van der Waals surface area contributed by atoms with E-state index < -0.39 is 11.6 Å². The first-order chi connectivity index (χ1) is 19.7. The summed E-state index contributed by atoms with van der Waals surface area (Å²) in [6.07, 6.45) is 1.65. The lowest BCUT2D eigenvalue weighted by atomic mass is 9.95. The van der Waals surface area contributed by atoms with Crippen LogP contribution in [0.4, 0.5) is 10.2 Å². The average molecular weight is 570 g/mol. The van der Waals surface area contributed by atoms with Crippen LogP contribution >= 0.6 is 11.8 Å². The fraction of sp³-hybridized carbons (Fsp3) is 0.290. The van der Waals surface area contributed by atoms with Gasteiger partial charge in [0.15, 0.2) is 5.79 Å². The summed E-state index contributed by atoms with van der Waals surface area (Å²) in [5.41, 5.74) is 9.69. The van der Waals surface area contributed by atoms with Crippen molar-refractivity contribution >= 4 is 17.6 Å². The van der Waals surface area contributed by atoms with Crippen LogP contribution in [0.25, 0.3) is 22.6 Å². The highest BCUT2D eigenvalue weighted by molar-refractivity contribution is 7.98. The van der Waals surface area contributed by atoms with E-state index in [4.69, 9.17) is 19.6 Å². The number of nitrogen functional groups attached to an aromatic ring is 1. The normalized spacial score (nSPS) is 15.9. The van der Waals surface area contributed by atoms with Crippen molar-refractivity contribution in [2.75, 3.05) is 12.3 Å². The first kappa shape index (κ1) is 28.3. The number of aryl methyl sites for hydroxylation is 2. The second-order valence-corrected chi connectivity index (χ2v) is 11.1. The molecule has 41 heavy (non-hydrogen) atoms. The van der Waals surface area contributed by atoms with Crippen LogP contribution in [0, 0.1) is 35.4 Å². The minimum absolute atomic E-state index is 0.0378. The molecular formula is C31H28FN5O3S. The smallest absolute Gasteiger partial charge is 0.229 e. The van der Waals surface area contributed by atoms with Gasteiger partial charge in [-0.15, -0.1) is 0 Å². The molecule has 0 bridgehead atoms. The zero-order valence-electron chi connectivity index (χ0n) is 22.9. The Hall–Kier alpha value is -4.22. The Morgan fingerprint density at radius 1 is 1.07 bits per heavy atom. The van der Waals surface area contributed by atoms with Gasteiger partial charge in [0.1, 0.15) is 40.1 Å². The van der Waals surface area contributed by atoms with Crippen LogP contribution < -0.4 is 5.73 Å². The Labute approximate surface area is 241 Å². The Morgan fingerprint density at radius 2 is 1.80 bits per heavy atom. The highest BCUT2D eigenvalue weighted by atomic mass is 32.2. The molecule has 1 atom stereocenters. The van der Waals surface area contributed by atoms with Crippen LogP contribution in [-0.2, 0) is 21.6 Å². The van der Waals surface area contributed by atoms with E-state index >= 15 is 0 Å². The van der Waals surface area contributed by atoms with Gasteiger partial charge in [-0.3, -0.25) is 0 Å². The second-order valence-electron chi connectivity index (χ2n) is 10.1. The molecule has 1 aliphatic heterocycles. The van der Waals surface area contributed by atoms with Crippen molar-refractivity contribution in [1.29, 1.82) is 10.5 Å². The van der Waals surface area contributed by atoms with Gasteiger partial charge in [0.05, 0.1) is 29.5 Å². The monoisotopic (exact) mass is 569 g/mol. The highest BCUT2D eigenvalue weighted by Gasteiger charge is 2.32. The summed E-state index contributed by atoms with van der Waals surface area (Å²) < 4.78 is 31.5. The Kier molecular flexibility index (Phi) is 8.09. The van der Waals surface area contributed by atoms with Gasteiger partial charge in [-0.25, -0.2) is 14.4 Å².